The third kappa shape index (κ3) is 6.05. The van der Waals surface area contributed by atoms with E-state index in [0.717, 1.165) is 41.1 Å². The van der Waals surface area contributed by atoms with Crippen molar-refractivity contribution < 1.29 is 0 Å². The van der Waals surface area contributed by atoms with Crippen molar-refractivity contribution in [3.8, 4) is 11.4 Å². The van der Waals surface area contributed by atoms with Gasteiger partial charge in [0.2, 0.25) is 0 Å². The molecular weight excluding hydrogens is 368 g/mol. The number of nitrogens with two attached hydrogens (primary N) is 2. The van der Waals surface area contributed by atoms with Gasteiger partial charge in [-0.25, -0.2) is 0 Å². The van der Waals surface area contributed by atoms with Crippen molar-refractivity contribution in [1.29, 1.82) is 0 Å². The van der Waals surface area contributed by atoms with Gasteiger partial charge in [0.25, 0.3) is 0 Å². The lowest BCUT2D eigenvalue weighted by atomic mass is 9.87. The average Bonchev–Trinajstić information content (AvgIpc) is 3.02. The number of allylic oxidation sites excluding steroid dienone is 8. The fourth-order valence-electron chi connectivity index (χ4n) is 3.35. The maximum atomic E-state index is 5.98. The van der Waals surface area contributed by atoms with Crippen LogP contribution in [0.4, 0.5) is 0 Å². The summed E-state index contributed by atoms with van der Waals surface area (Å²) in [5.41, 5.74) is 17.6. The normalized spacial score (nSPS) is 17.2. The summed E-state index contributed by atoms with van der Waals surface area (Å²) in [6.45, 7) is 6.03. The molecule has 1 atom stereocenters. The predicted octanol–water partition coefficient (Wildman–Crippen LogP) is 5.78. The molecule has 0 fully saturated rings. The summed E-state index contributed by atoms with van der Waals surface area (Å²) in [5, 5.41) is 0. The van der Waals surface area contributed by atoms with E-state index >= 15 is 0 Å². The second kappa shape index (κ2) is 12.2. The van der Waals surface area contributed by atoms with Crippen molar-refractivity contribution >= 4 is 5.57 Å². The summed E-state index contributed by atoms with van der Waals surface area (Å²) in [6, 6.07) is 9.89. The van der Waals surface area contributed by atoms with E-state index in [1.165, 1.54) is 5.57 Å². The molecule has 0 spiro atoms. The molecule has 2 heterocycles. The van der Waals surface area contributed by atoms with E-state index < -0.39 is 0 Å². The fourth-order valence-corrected chi connectivity index (χ4v) is 3.35. The highest BCUT2D eigenvalue weighted by Crippen LogP contribution is 2.32. The summed E-state index contributed by atoms with van der Waals surface area (Å²) in [5.74, 6) is 0.259. The molecule has 0 radical (unpaired) electrons. The molecule has 0 bridgehead atoms. The van der Waals surface area contributed by atoms with E-state index in [1.54, 1.807) is 12.4 Å². The Morgan fingerprint density at radius 3 is 2.50 bits per heavy atom. The highest BCUT2D eigenvalue weighted by molar-refractivity contribution is 5.79. The molecule has 2 aromatic heterocycles. The molecule has 3 rings (SSSR count). The van der Waals surface area contributed by atoms with Gasteiger partial charge in [-0.2, -0.15) is 0 Å². The van der Waals surface area contributed by atoms with Crippen LogP contribution in [0.2, 0.25) is 0 Å². The van der Waals surface area contributed by atoms with E-state index in [4.69, 9.17) is 11.5 Å². The first-order chi connectivity index (χ1) is 14.7. The molecule has 156 valence electrons. The third-order valence-corrected chi connectivity index (χ3v) is 4.70. The van der Waals surface area contributed by atoms with Gasteiger partial charge in [0.05, 0.1) is 11.4 Å². The molecule has 4 nitrogen and oxygen atoms in total. The molecule has 0 saturated carbocycles. The van der Waals surface area contributed by atoms with Crippen molar-refractivity contribution in [1.82, 2.24) is 9.97 Å². The number of nitrogens with zero attached hydrogens (tertiary/aromatic N) is 2. The number of pyridine rings is 2. The van der Waals surface area contributed by atoms with Gasteiger partial charge in [-0.05, 0) is 67.5 Å². The van der Waals surface area contributed by atoms with E-state index in [9.17, 15) is 0 Å². The number of rotatable bonds is 5. The highest BCUT2D eigenvalue weighted by atomic mass is 14.8. The van der Waals surface area contributed by atoms with Gasteiger partial charge >= 0.3 is 0 Å². The Hall–Kier alpha value is -3.40. The number of hydrogen-bond donors (Lipinski definition) is 2. The minimum Gasteiger partial charge on any atom is -0.405 e. The smallest absolute Gasteiger partial charge is 0.0886 e. The summed E-state index contributed by atoms with van der Waals surface area (Å²) >= 11 is 0. The molecule has 0 saturated heterocycles. The summed E-state index contributed by atoms with van der Waals surface area (Å²) in [4.78, 5) is 9.00. The quantitative estimate of drug-likeness (QED) is 0.624. The van der Waals surface area contributed by atoms with E-state index in [2.05, 4.69) is 40.3 Å². The predicted molar refractivity (Wildman–Crippen MR) is 128 cm³/mol. The van der Waals surface area contributed by atoms with Gasteiger partial charge in [-0.3, -0.25) is 9.97 Å². The van der Waals surface area contributed by atoms with Crippen LogP contribution < -0.4 is 11.5 Å². The van der Waals surface area contributed by atoms with Crippen LogP contribution in [-0.4, -0.2) is 9.97 Å². The molecule has 4 N–H and O–H groups in total. The van der Waals surface area contributed by atoms with Crippen molar-refractivity contribution in [3.63, 3.8) is 0 Å². The Labute approximate surface area is 180 Å². The lowest BCUT2D eigenvalue weighted by Crippen LogP contribution is -2.03. The zero-order valence-corrected chi connectivity index (χ0v) is 18.1. The maximum Gasteiger partial charge on any atom is 0.0886 e. The minimum atomic E-state index is 0.259. The Bertz CT molecular complexity index is 933. The standard InChI is InChI=1S/C24H26N4.C2H6/c1-2-6-21(18-7-5-8-20(26)12-10-18)22(14-15-25)19-11-13-24(28-17-19)23-9-3-4-16-27-23;1-2/h2-4,6,8-18H,5,7,25-26H2,1H3;1-2H3/b6-2-,15-14+,22-21-;. The van der Waals surface area contributed by atoms with Crippen molar-refractivity contribution in [3.05, 3.63) is 102 Å². The minimum absolute atomic E-state index is 0.259. The topological polar surface area (TPSA) is 77.8 Å². The molecule has 0 aromatic carbocycles. The molecule has 0 aliphatic heterocycles. The molecule has 1 aliphatic carbocycles. The molecular formula is C26H32N4. The summed E-state index contributed by atoms with van der Waals surface area (Å²) in [6.07, 6.45) is 19.6. The van der Waals surface area contributed by atoms with E-state index in [-0.39, 0.29) is 5.92 Å². The lowest BCUT2D eigenvalue weighted by Gasteiger charge is -2.17. The van der Waals surface area contributed by atoms with Crippen LogP contribution in [0.1, 0.15) is 39.2 Å². The van der Waals surface area contributed by atoms with E-state index in [0.29, 0.717) is 0 Å². The second-order valence-electron chi connectivity index (χ2n) is 6.62. The van der Waals surface area contributed by atoms with Gasteiger partial charge in [0, 0.05) is 29.6 Å². The molecule has 0 amide bonds. The van der Waals surface area contributed by atoms with Gasteiger partial charge < -0.3 is 11.5 Å². The number of aromatic nitrogens is 2. The van der Waals surface area contributed by atoms with Crippen LogP contribution in [0.5, 0.6) is 0 Å². The SMILES string of the molecule is CC.C\C=C/C(=C(\C=C\N)c1ccc(-c2ccccn2)nc1)C1C=CC(N)=CCC1. The van der Waals surface area contributed by atoms with Crippen molar-refractivity contribution in [2.24, 2.45) is 17.4 Å². The zero-order valence-electron chi connectivity index (χ0n) is 18.1. The van der Waals surface area contributed by atoms with Gasteiger partial charge in [0.15, 0.2) is 0 Å². The Morgan fingerprint density at radius 1 is 1.07 bits per heavy atom. The largest absolute Gasteiger partial charge is 0.405 e. The first-order valence-electron chi connectivity index (χ1n) is 10.5. The average molecular weight is 401 g/mol. The van der Waals surface area contributed by atoms with Crippen LogP contribution in [0.3, 0.4) is 0 Å². The van der Waals surface area contributed by atoms with E-state index in [1.807, 2.05) is 63.4 Å². The summed E-state index contributed by atoms with van der Waals surface area (Å²) < 4.78 is 0. The zero-order chi connectivity index (χ0) is 21.8. The monoisotopic (exact) mass is 400 g/mol. The second-order valence-corrected chi connectivity index (χ2v) is 6.62. The van der Waals surface area contributed by atoms with Crippen LogP contribution in [0.25, 0.3) is 17.0 Å². The Morgan fingerprint density at radius 2 is 1.87 bits per heavy atom. The molecule has 2 aromatic rings. The van der Waals surface area contributed by atoms with Gasteiger partial charge in [-0.15, -0.1) is 0 Å². The Balaban J connectivity index is 0.00000155. The fraction of sp³-hybridized carbons (Fsp3) is 0.231. The van der Waals surface area contributed by atoms with Crippen LogP contribution >= 0.6 is 0 Å². The van der Waals surface area contributed by atoms with Crippen molar-refractivity contribution in [2.45, 2.75) is 33.6 Å². The third-order valence-electron chi connectivity index (χ3n) is 4.70. The van der Waals surface area contributed by atoms with Crippen LogP contribution in [0, 0.1) is 5.92 Å². The highest BCUT2D eigenvalue weighted by Gasteiger charge is 2.16. The molecule has 1 aliphatic rings. The van der Waals surface area contributed by atoms with Gasteiger partial charge in [-0.1, -0.05) is 50.3 Å². The van der Waals surface area contributed by atoms with Crippen LogP contribution in [0.15, 0.2) is 96.7 Å². The van der Waals surface area contributed by atoms with Gasteiger partial charge in [0.1, 0.15) is 0 Å². The van der Waals surface area contributed by atoms with Crippen molar-refractivity contribution in [2.75, 3.05) is 0 Å². The number of hydrogen-bond acceptors (Lipinski definition) is 4. The first kappa shape index (κ1) is 22.9. The molecule has 4 heteroatoms. The Kier molecular flexibility index (Phi) is 9.32. The molecule has 30 heavy (non-hydrogen) atoms. The summed E-state index contributed by atoms with van der Waals surface area (Å²) in [7, 11) is 0. The first-order valence-corrected chi connectivity index (χ1v) is 10.5. The lowest BCUT2D eigenvalue weighted by molar-refractivity contribution is 0.704. The maximum absolute atomic E-state index is 5.98. The van der Waals surface area contributed by atoms with Crippen LogP contribution in [-0.2, 0) is 0 Å². The molecule has 1 unspecified atom stereocenters.